The van der Waals surface area contributed by atoms with Gasteiger partial charge in [0.25, 0.3) is 5.91 Å². The molecular formula is C19H22N4O2S. The molecule has 1 aliphatic carbocycles. The number of hydrogen-bond donors (Lipinski definition) is 1. The van der Waals surface area contributed by atoms with Gasteiger partial charge in [-0.2, -0.15) is 0 Å². The Kier molecular flexibility index (Phi) is 4.97. The van der Waals surface area contributed by atoms with Crippen molar-refractivity contribution < 1.29 is 9.59 Å². The van der Waals surface area contributed by atoms with Gasteiger partial charge in [-0.25, -0.2) is 0 Å². The maximum absolute atomic E-state index is 12.3. The molecule has 2 amide bonds. The summed E-state index contributed by atoms with van der Waals surface area (Å²) in [6, 6.07) is 9.34. The number of nitrogens with one attached hydrogen (secondary N) is 1. The molecule has 136 valence electrons. The Morgan fingerprint density at radius 2 is 1.77 bits per heavy atom. The first kappa shape index (κ1) is 17.1. The minimum atomic E-state index is -0.224. The van der Waals surface area contributed by atoms with E-state index in [9.17, 15) is 9.59 Å². The molecule has 0 bridgehead atoms. The number of amides is 2. The number of aromatic nitrogens is 2. The molecule has 4 rings (SSSR count). The average molecular weight is 370 g/mol. The van der Waals surface area contributed by atoms with E-state index in [2.05, 4.69) is 15.5 Å². The standard InChI is InChI=1S/C19H22N4O2S/c24-16(20-15-7-2-1-3-8-15)18-22-21-17(26-18)13-9-11-23(12-10-13)19(25)14-5-4-6-14/h1-3,7-8,13-14H,4-6,9-12H2,(H,20,24). The number of para-hydroxylation sites is 1. The molecule has 0 radical (unpaired) electrons. The van der Waals surface area contributed by atoms with Crippen LogP contribution >= 0.6 is 11.3 Å². The zero-order valence-corrected chi connectivity index (χ0v) is 15.4. The summed E-state index contributed by atoms with van der Waals surface area (Å²) >= 11 is 1.36. The van der Waals surface area contributed by atoms with E-state index in [1.807, 2.05) is 35.2 Å². The molecule has 7 heteroatoms. The van der Waals surface area contributed by atoms with E-state index in [-0.39, 0.29) is 17.7 Å². The highest BCUT2D eigenvalue weighted by atomic mass is 32.1. The van der Waals surface area contributed by atoms with Crippen LogP contribution in [-0.4, -0.2) is 40.0 Å². The molecule has 1 aromatic heterocycles. The van der Waals surface area contributed by atoms with Crippen molar-refractivity contribution in [1.82, 2.24) is 15.1 Å². The molecule has 2 fully saturated rings. The number of piperidine rings is 1. The number of benzene rings is 1. The summed E-state index contributed by atoms with van der Waals surface area (Å²) in [6.07, 6.45) is 5.08. The Bertz CT molecular complexity index is 780. The molecule has 0 spiro atoms. The number of nitrogens with zero attached hydrogens (tertiary/aromatic N) is 3. The second-order valence-electron chi connectivity index (χ2n) is 6.99. The molecule has 1 saturated carbocycles. The second kappa shape index (κ2) is 7.53. The number of likely N-dealkylation sites (tertiary alicyclic amines) is 1. The van der Waals surface area contributed by atoms with Gasteiger partial charge in [0.1, 0.15) is 5.01 Å². The Balaban J connectivity index is 1.33. The molecule has 1 N–H and O–H groups in total. The van der Waals surface area contributed by atoms with Gasteiger partial charge < -0.3 is 10.2 Å². The molecule has 6 nitrogen and oxygen atoms in total. The third-order valence-corrected chi connectivity index (χ3v) is 6.36. The summed E-state index contributed by atoms with van der Waals surface area (Å²) in [5.41, 5.74) is 0.747. The lowest BCUT2D eigenvalue weighted by Crippen LogP contribution is -2.43. The number of rotatable bonds is 4. The third kappa shape index (κ3) is 3.62. The van der Waals surface area contributed by atoms with Gasteiger partial charge in [-0.1, -0.05) is 36.0 Å². The van der Waals surface area contributed by atoms with Crippen molar-refractivity contribution in [2.75, 3.05) is 18.4 Å². The van der Waals surface area contributed by atoms with Crippen molar-refractivity contribution in [1.29, 1.82) is 0 Å². The molecule has 2 heterocycles. The fourth-order valence-corrected chi connectivity index (χ4v) is 4.37. The zero-order valence-electron chi connectivity index (χ0n) is 14.6. The molecule has 2 aromatic rings. The van der Waals surface area contributed by atoms with Crippen LogP contribution in [0.2, 0.25) is 0 Å². The van der Waals surface area contributed by atoms with E-state index in [0.29, 0.717) is 10.9 Å². The predicted molar refractivity (Wildman–Crippen MR) is 100 cm³/mol. The normalized spacial score (nSPS) is 18.4. The summed E-state index contributed by atoms with van der Waals surface area (Å²) < 4.78 is 0. The summed E-state index contributed by atoms with van der Waals surface area (Å²) in [6.45, 7) is 1.57. The van der Waals surface area contributed by atoms with Crippen LogP contribution in [0.5, 0.6) is 0 Å². The van der Waals surface area contributed by atoms with Gasteiger partial charge >= 0.3 is 0 Å². The first-order valence-electron chi connectivity index (χ1n) is 9.19. The predicted octanol–water partition coefficient (Wildman–Crippen LogP) is 3.30. The van der Waals surface area contributed by atoms with E-state index < -0.39 is 0 Å². The summed E-state index contributed by atoms with van der Waals surface area (Å²) in [5.74, 6) is 0.657. The molecule has 26 heavy (non-hydrogen) atoms. The van der Waals surface area contributed by atoms with Crippen LogP contribution in [0.4, 0.5) is 5.69 Å². The van der Waals surface area contributed by atoms with Gasteiger partial charge in [-0.3, -0.25) is 9.59 Å². The Morgan fingerprint density at radius 3 is 2.42 bits per heavy atom. The van der Waals surface area contributed by atoms with Gasteiger partial charge in [0.2, 0.25) is 10.9 Å². The lowest BCUT2D eigenvalue weighted by atomic mass is 9.83. The van der Waals surface area contributed by atoms with Crippen molar-refractivity contribution >= 4 is 28.8 Å². The maximum Gasteiger partial charge on any atom is 0.286 e. The maximum atomic E-state index is 12.3. The quantitative estimate of drug-likeness (QED) is 0.896. The number of carbonyl (C=O) groups excluding carboxylic acids is 2. The van der Waals surface area contributed by atoms with E-state index in [0.717, 1.165) is 49.5 Å². The van der Waals surface area contributed by atoms with Crippen molar-refractivity contribution in [2.24, 2.45) is 5.92 Å². The number of anilines is 1. The number of carbonyl (C=O) groups is 2. The Morgan fingerprint density at radius 1 is 1.04 bits per heavy atom. The van der Waals surface area contributed by atoms with Crippen LogP contribution in [0.1, 0.15) is 52.8 Å². The molecule has 1 saturated heterocycles. The molecule has 1 aromatic carbocycles. The van der Waals surface area contributed by atoms with Crippen LogP contribution in [0.25, 0.3) is 0 Å². The van der Waals surface area contributed by atoms with Crippen LogP contribution in [0.3, 0.4) is 0 Å². The molecule has 1 aliphatic heterocycles. The molecule has 0 unspecified atom stereocenters. The Labute approximate surface area is 156 Å². The third-order valence-electron chi connectivity index (χ3n) is 5.28. The molecule has 0 atom stereocenters. The van der Waals surface area contributed by atoms with E-state index >= 15 is 0 Å². The van der Waals surface area contributed by atoms with Crippen molar-refractivity contribution in [3.63, 3.8) is 0 Å². The summed E-state index contributed by atoms with van der Waals surface area (Å²) in [4.78, 5) is 26.7. The highest BCUT2D eigenvalue weighted by molar-refractivity contribution is 7.13. The van der Waals surface area contributed by atoms with Crippen LogP contribution < -0.4 is 5.32 Å². The number of hydrogen-bond acceptors (Lipinski definition) is 5. The zero-order chi connectivity index (χ0) is 17.9. The first-order chi connectivity index (χ1) is 12.7. The fraction of sp³-hybridized carbons (Fsp3) is 0.474. The van der Waals surface area contributed by atoms with Gasteiger partial charge in [0.05, 0.1) is 0 Å². The van der Waals surface area contributed by atoms with E-state index in [1.165, 1.54) is 17.8 Å². The summed E-state index contributed by atoms with van der Waals surface area (Å²) in [7, 11) is 0. The van der Waals surface area contributed by atoms with Crippen LogP contribution in [-0.2, 0) is 4.79 Å². The van der Waals surface area contributed by atoms with Crippen LogP contribution in [0.15, 0.2) is 30.3 Å². The monoisotopic (exact) mass is 370 g/mol. The molecule has 2 aliphatic rings. The van der Waals surface area contributed by atoms with Gasteiger partial charge in [0, 0.05) is 30.6 Å². The smallest absolute Gasteiger partial charge is 0.286 e. The van der Waals surface area contributed by atoms with Crippen LogP contribution in [0, 0.1) is 5.92 Å². The minimum absolute atomic E-state index is 0.224. The largest absolute Gasteiger partial charge is 0.342 e. The highest BCUT2D eigenvalue weighted by Crippen LogP contribution is 2.33. The van der Waals surface area contributed by atoms with Crippen molar-refractivity contribution in [2.45, 2.75) is 38.0 Å². The molecular weight excluding hydrogens is 348 g/mol. The average Bonchev–Trinajstić information content (AvgIpc) is 3.11. The van der Waals surface area contributed by atoms with Gasteiger partial charge in [-0.05, 0) is 37.8 Å². The topological polar surface area (TPSA) is 75.2 Å². The van der Waals surface area contributed by atoms with E-state index in [1.54, 1.807) is 0 Å². The first-order valence-corrected chi connectivity index (χ1v) is 10.0. The Hall–Kier alpha value is -2.28. The van der Waals surface area contributed by atoms with Gasteiger partial charge in [-0.15, -0.1) is 10.2 Å². The fourth-order valence-electron chi connectivity index (χ4n) is 3.46. The van der Waals surface area contributed by atoms with E-state index in [4.69, 9.17) is 0 Å². The van der Waals surface area contributed by atoms with Crippen molar-refractivity contribution in [3.8, 4) is 0 Å². The van der Waals surface area contributed by atoms with Gasteiger partial charge in [0.15, 0.2) is 0 Å². The summed E-state index contributed by atoms with van der Waals surface area (Å²) in [5, 5.41) is 12.4. The lowest BCUT2D eigenvalue weighted by Gasteiger charge is -2.36. The minimum Gasteiger partial charge on any atom is -0.342 e. The lowest BCUT2D eigenvalue weighted by molar-refractivity contribution is -0.139. The highest BCUT2D eigenvalue weighted by Gasteiger charge is 2.32. The van der Waals surface area contributed by atoms with Crippen molar-refractivity contribution in [3.05, 3.63) is 40.3 Å². The second-order valence-corrected chi connectivity index (χ2v) is 8.00. The SMILES string of the molecule is O=C(Nc1ccccc1)c1nnc(C2CCN(C(=O)C3CCC3)CC2)s1.